The molecule has 1 heterocycles. The maximum atomic E-state index is 12.8. The molecular weight excluding hydrogens is 620 g/mol. The number of hydrogen-bond acceptors (Lipinski definition) is 6. The molecule has 0 saturated carbocycles. The van der Waals surface area contributed by atoms with Gasteiger partial charge in [0.2, 0.25) is 0 Å². The molecule has 0 bridgehead atoms. The SMILES string of the molecule is CCCCCCCC/C=C\CCCCCCCC(=O)OCC(CN1CCN(C)CC1)OC(=O)CCCCCCC/C=C\CCCCCCCC. The summed E-state index contributed by atoms with van der Waals surface area (Å²) in [5.74, 6) is -0.325. The van der Waals surface area contributed by atoms with Crippen LogP contribution in [0.5, 0.6) is 0 Å². The molecule has 0 radical (unpaired) electrons. The number of esters is 2. The fourth-order valence-electron chi connectivity index (χ4n) is 6.63. The van der Waals surface area contributed by atoms with Crippen molar-refractivity contribution in [2.45, 2.75) is 200 Å². The number of nitrogens with zero attached hydrogens (tertiary/aromatic N) is 2. The Kier molecular flexibility index (Phi) is 33.1. The molecule has 0 aromatic carbocycles. The third-order valence-electron chi connectivity index (χ3n) is 10.1. The zero-order valence-corrected chi connectivity index (χ0v) is 33.5. The van der Waals surface area contributed by atoms with Crippen LogP contribution in [-0.4, -0.2) is 74.2 Å². The van der Waals surface area contributed by atoms with E-state index in [1.54, 1.807) is 0 Å². The lowest BCUT2D eigenvalue weighted by Crippen LogP contribution is -2.48. The number of hydrogen-bond donors (Lipinski definition) is 0. The molecule has 0 aromatic heterocycles. The first-order valence-corrected chi connectivity index (χ1v) is 21.6. The van der Waals surface area contributed by atoms with Gasteiger partial charge in [0.05, 0.1) is 0 Å². The number of piperazine rings is 1. The second-order valence-corrected chi connectivity index (χ2v) is 15.1. The molecule has 50 heavy (non-hydrogen) atoms. The van der Waals surface area contributed by atoms with E-state index in [1.807, 2.05) is 0 Å². The minimum Gasteiger partial charge on any atom is -0.462 e. The van der Waals surface area contributed by atoms with E-state index in [1.165, 1.54) is 135 Å². The lowest BCUT2D eigenvalue weighted by atomic mass is 10.1. The lowest BCUT2D eigenvalue weighted by molar-refractivity contribution is -0.160. The predicted octanol–water partition coefficient (Wildman–Crippen LogP) is 11.8. The van der Waals surface area contributed by atoms with Gasteiger partial charge in [-0.25, -0.2) is 0 Å². The van der Waals surface area contributed by atoms with Gasteiger partial charge in [0.1, 0.15) is 12.7 Å². The van der Waals surface area contributed by atoms with Gasteiger partial charge in [0, 0.05) is 45.6 Å². The third-order valence-corrected chi connectivity index (χ3v) is 10.1. The first-order valence-electron chi connectivity index (χ1n) is 21.6. The number of carbonyl (C=O) groups is 2. The normalized spacial score (nSPS) is 14.9. The van der Waals surface area contributed by atoms with Crippen LogP contribution in [0.3, 0.4) is 0 Å². The molecule has 1 unspecified atom stereocenters. The minimum atomic E-state index is -0.396. The van der Waals surface area contributed by atoms with Crippen LogP contribution in [0.25, 0.3) is 0 Å². The first-order chi connectivity index (χ1) is 24.5. The second kappa shape index (κ2) is 35.7. The van der Waals surface area contributed by atoms with Crippen LogP contribution in [-0.2, 0) is 19.1 Å². The topological polar surface area (TPSA) is 59.1 Å². The highest BCUT2D eigenvalue weighted by atomic mass is 16.6. The Morgan fingerprint density at radius 2 is 0.900 bits per heavy atom. The number of unbranched alkanes of at least 4 members (excludes halogenated alkanes) is 22. The molecule has 1 aliphatic heterocycles. The van der Waals surface area contributed by atoms with E-state index < -0.39 is 6.10 Å². The van der Waals surface area contributed by atoms with Gasteiger partial charge in [-0.2, -0.15) is 0 Å². The molecule has 0 aromatic rings. The summed E-state index contributed by atoms with van der Waals surface area (Å²) >= 11 is 0. The van der Waals surface area contributed by atoms with Crippen molar-refractivity contribution in [2.24, 2.45) is 0 Å². The molecule has 292 valence electrons. The van der Waals surface area contributed by atoms with E-state index in [0.29, 0.717) is 19.4 Å². The van der Waals surface area contributed by atoms with Crippen LogP contribution in [0, 0.1) is 0 Å². The standard InChI is InChI=1S/C44H82N2O4/c1-4-6-8-10-12-14-16-18-20-22-24-26-28-30-32-34-43(47)49-41-42(40-46-38-36-45(3)37-39-46)50-44(48)35-33-31-29-27-25-23-21-19-17-15-13-11-9-7-5-2/h18-21,42H,4-17,22-41H2,1-3H3/b20-18-,21-19-. The summed E-state index contributed by atoms with van der Waals surface area (Å²) in [7, 11) is 2.14. The van der Waals surface area contributed by atoms with Crippen LogP contribution in [0.4, 0.5) is 0 Å². The van der Waals surface area contributed by atoms with Gasteiger partial charge in [-0.1, -0.05) is 141 Å². The number of allylic oxidation sites excluding steroid dienone is 4. The van der Waals surface area contributed by atoms with Gasteiger partial charge in [-0.3, -0.25) is 14.5 Å². The van der Waals surface area contributed by atoms with Gasteiger partial charge in [-0.05, 0) is 71.3 Å². The smallest absolute Gasteiger partial charge is 0.306 e. The van der Waals surface area contributed by atoms with Crippen molar-refractivity contribution in [3.63, 3.8) is 0 Å². The Morgan fingerprint density at radius 1 is 0.520 bits per heavy atom. The van der Waals surface area contributed by atoms with Crippen molar-refractivity contribution in [1.82, 2.24) is 9.80 Å². The molecule has 6 heteroatoms. The quantitative estimate of drug-likeness (QED) is 0.0372. The predicted molar refractivity (Wildman–Crippen MR) is 214 cm³/mol. The zero-order chi connectivity index (χ0) is 36.2. The van der Waals surface area contributed by atoms with Crippen LogP contribution in [0.15, 0.2) is 24.3 Å². The van der Waals surface area contributed by atoms with Crippen LogP contribution in [0.2, 0.25) is 0 Å². The first kappa shape index (κ1) is 46.4. The van der Waals surface area contributed by atoms with Crippen molar-refractivity contribution < 1.29 is 19.1 Å². The summed E-state index contributed by atoms with van der Waals surface area (Å²) in [4.78, 5) is 29.9. The van der Waals surface area contributed by atoms with Gasteiger partial charge in [0.15, 0.2) is 0 Å². The minimum absolute atomic E-state index is 0.157. The summed E-state index contributed by atoms with van der Waals surface area (Å²) in [6.45, 7) is 9.23. The maximum Gasteiger partial charge on any atom is 0.306 e. The molecule has 0 aliphatic carbocycles. The van der Waals surface area contributed by atoms with Crippen LogP contribution >= 0.6 is 0 Å². The van der Waals surface area contributed by atoms with Crippen LogP contribution < -0.4 is 0 Å². The van der Waals surface area contributed by atoms with Gasteiger partial charge in [-0.15, -0.1) is 0 Å². The van der Waals surface area contributed by atoms with Gasteiger partial charge < -0.3 is 14.4 Å². The number of carbonyl (C=O) groups excluding carboxylic acids is 2. The molecule has 0 amide bonds. The summed E-state index contributed by atoms with van der Waals surface area (Å²) in [6, 6.07) is 0. The van der Waals surface area contributed by atoms with E-state index in [2.05, 4.69) is 55.0 Å². The Bertz CT molecular complexity index is 821. The third kappa shape index (κ3) is 31.1. The summed E-state index contributed by atoms with van der Waals surface area (Å²) in [6.07, 6.45) is 42.1. The molecule has 6 nitrogen and oxygen atoms in total. The number of ether oxygens (including phenoxy) is 2. The van der Waals surface area contributed by atoms with E-state index >= 15 is 0 Å². The Balaban J connectivity index is 2.15. The van der Waals surface area contributed by atoms with E-state index in [0.717, 1.165) is 58.3 Å². The lowest BCUT2D eigenvalue weighted by Gasteiger charge is -2.34. The number of rotatable bonds is 35. The molecule has 1 atom stereocenters. The van der Waals surface area contributed by atoms with Gasteiger partial charge in [0.25, 0.3) is 0 Å². The largest absolute Gasteiger partial charge is 0.462 e. The molecule has 1 aliphatic rings. The van der Waals surface area contributed by atoms with E-state index in [9.17, 15) is 9.59 Å². The summed E-state index contributed by atoms with van der Waals surface area (Å²) in [5, 5.41) is 0. The van der Waals surface area contributed by atoms with Crippen molar-refractivity contribution in [3.05, 3.63) is 24.3 Å². The molecule has 1 saturated heterocycles. The van der Waals surface area contributed by atoms with E-state index in [-0.39, 0.29) is 18.5 Å². The van der Waals surface area contributed by atoms with Crippen molar-refractivity contribution in [3.8, 4) is 0 Å². The fraction of sp³-hybridized carbons (Fsp3) is 0.864. The maximum absolute atomic E-state index is 12.8. The highest BCUT2D eigenvalue weighted by Crippen LogP contribution is 2.13. The molecule has 0 spiro atoms. The van der Waals surface area contributed by atoms with Crippen LogP contribution in [0.1, 0.15) is 194 Å². The molecular formula is C44H82N2O4. The van der Waals surface area contributed by atoms with E-state index in [4.69, 9.17) is 9.47 Å². The zero-order valence-electron chi connectivity index (χ0n) is 33.5. The summed E-state index contributed by atoms with van der Waals surface area (Å²) < 4.78 is 11.5. The fourth-order valence-corrected chi connectivity index (χ4v) is 6.63. The van der Waals surface area contributed by atoms with Crippen molar-refractivity contribution in [2.75, 3.05) is 46.4 Å². The molecule has 1 rings (SSSR count). The average Bonchev–Trinajstić information content (AvgIpc) is 3.11. The Morgan fingerprint density at radius 3 is 1.34 bits per heavy atom. The van der Waals surface area contributed by atoms with Crippen molar-refractivity contribution >= 4 is 11.9 Å². The monoisotopic (exact) mass is 703 g/mol. The molecule has 1 fully saturated rings. The highest BCUT2D eigenvalue weighted by Gasteiger charge is 2.23. The Hall–Kier alpha value is -1.66. The van der Waals surface area contributed by atoms with Gasteiger partial charge >= 0.3 is 11.9 Å². The Labute approximate surface area is 310 Å². The molecule has 0 N–H and O–H groups in total. The number of likely N-dealkylation sites (N-methyl/N-ethyl adjacent to an activating group) is 1. The average molecular weight is 703 g/mol. The summed E-state index contributed by atoms with van der Waals surface area (Å²) in [5.41, 5.74) is 0. The second-order valence-electron chi connectivity index (χ2n) is 15.1. The van der Waals surface area contributed by atoms with Crippen molar-refractivity contribution in [1.29, 1.82) is 0 Å². The highest BCUT2D eigenvalue weighted by molar-refractivity contribution is 5.70.